The van der Waals surface area contributed by atoms with Gasteiger partial charge in [0, 0.05) is 35.6 Å². The molecule has 0 unspecified atom stereocenters. The molecule has 1 aromatic carbocycles. The van der Waals surface area contributed by atoms with Crippen LogP contribution in [0, 0.1) is 5.41 Å². The number of carbonyl (C=O) groups excluding carboxylic acids is 1. The number of urea groups is 1. The minimum Gasteiger partial charge on any atom is -0.464 e. The van der Waals surface area contributed by atoms with Crippen molar-refractivity contribution in [3.8, 4) is 0 Å². The minimum atomic E-state index is -2.95. The second-order valence-corrected chi connectivity index (χ2v) is 9.15. The second kappa shape index (κ2) is 5.51. The van der Waals surface area contributed by atoms with Gasteiger partial charge in [-0.2, -0.15) is 0 Å². The predicted octanol–water partition coefficient (Wildman–Crippen LogP) is 2.87. The Balaban J connectivity index is 1.47. The summed E-state index contributed by atoms with van der Waals surface area (Å²) < 4.78 is 29.0. The van der Waals surface area contributed by atoms with Crippen LogP contribution in [-0.4, -0.2) is 43.9 Å². The number of piperidine rings is 1. The smallest absolute Gasteiger partial charge is 0.321 e. The van der Waals surface area contributed by atoms with Gasteiger partial charge in [0.25, 0.3) is 0 Å². The Morgan fingerprint density at radius 3 is 2.92 bits per heavy atom. The molecule has 1 spiro atoms. The van der Waals surface area contributed by atoms with Crippen molar-refractivity contribution in [2.75, 3.05) is 29.9 Å². The summed E-state index contributed by atoms with van der Waals surface area (Å²) in [5.74, 6) is 0.458. The number of hydrogen-bond acceptors (Lipinski definition) is 4. The van der Waals surface area contributed by atoms with Gasteiger partial charge in [-0.25, -0.2) is 13.2 Å². The molecule has 1 N–H and O–H groups in total. The van der Waals surface area contributed by atoms with Crippen LogP contribution >= 0.6 is 0 Å². The zero-order valence-electron chi connectivity index (χ0n) is 13.3. The molecule has 2 saturated heterocycles. The lowest BCUT2D eigenvalue weighted by molar-refractivity contribution is 0.130. The molecule has 2 aromatic rings. The quantitative estimate of drug-likeness (QED) is 0.859. The molecule has 7 heteroatoms. The van der Waals surface area contributed by atoms with Crippen LogP contribution in [0.5, 0.6) is 0 Å². The lowest BCUT2D eigenvalue weighted by Crippen LogP contribution is -2.48. The minimum absolute atomic E-state index is 0.177. The molecular weight excluding hydrogens is 328 g/mol. The van der Waals surface area contributed by atoms with Gasteiger partial charge in [0.05, 0.1) is 17.8 Å². The Bertz CT molecular complexity index is 889. The Labute approximate surface area is 140 Å². The van der Waals surface area contributed by atoms with Crippen LogP contribution in [0.1, 0.15) is 19.3 Å². The first-order valence-corrected chi connectivity index (χ1v) is 10.0. The molecule has 0 aliphatic carbocycles. The lowest BCUT2D eigenvalue weighted by Gasteiger charge is -2.39. The molecule has 0 bridgehead atoms. The van der Waals surface area contributed by atoms with E-state index >= 15 is 0 Å². The lowest BCUT2D eigenvalue weighted by atomic mass is 9.80. The maximum Gasteiger partial charge on any atom is 0.321 e. The van der Waals surface area contributed by atoms with Crippen LogP contribution in [0.25, 0.3) is 11.0 Å². The van der Waals surface area contributed by atoms with Crippen molar-refractivity contribution < 1.29 is 17.6 Å². The largest absolute Gasteiger partial charge is 0.464 e. The van der Waals surface area contributed by atoms with Crippen LogP contribution in [0.3, 0.4) is 0 Å². The highest BCUT2D eigenvalue weighted by molar-refractivity contribution is 7.91. The van der Waals surface area contributed by atoms with E-state index in [9.17, 15) is 13.2 Å². The van der Waals surface area contributed by atoms with Crippen molar-refractivity contribution in [2.45, 2.75) is 19.3 Å². The van der Waals surface area contributed by atoms with E-state index in [0.717, 1.165) is 23.8 Å². The summed E-state index contributed by atoms with van der Waals surface area (Å²) in [6.45, 7) is 1.18. The summed E-state index contributed by atoms with van der Waals surface area (Å²) in [6.07, 6.45) is 4.01. The summed E-state index contributed by atoms with van der Waals surface area (Å²) in [5, 5.41) is 3.89. The Morgan fingerprint density at radius 2 is 2.12 bits per heavy atom. The van der Waals surface area contributed by atoms with Crippen LogP contribution < -0.4 is 5.32 Å². The summed E-state index contributed by atoms with van der Waals surface area (Å²) in [7, 11) is -2.95. The molecule has 128 valence electrons. The fourth-order valence-corrected chi connectivity index (χ4v) is 6.12. The van der Waals surface area contributed by atoms with E-state index in [0.29, 0.717) is 25.2 Å². The molecule has 2 aliphatic heterocycles. The zero-order chi connectivity index (χ0) is 16.8. The van der Waals surface area contributed by atoms with Gasteiger partial charge in [0.15, 0.2) is 9.84 Å². The highest BCUT2D eigenvalue weighted by Crippen LogP contribution is 2.40. The van der Waals surface area contributed by atoms with E-state index in [-0.39, 0.29) is 23.0 Å². The summed E-state index contributed by atoms with van der Waals surface area (Å²) in [4.78, 5) is 14.3. The number of amides is 2. The van der Waals surface area contributed by atoms with Crippen molar-refractivity contribution in [2.24, 2.45) is 5.41 Å². The second-order valence-electron chi connectivity index (χ2n) is 6.97. The average Bonchev–Trinajstić information content (AvgIpc) is 3.11. The number of hydrogen-bond donors (Lipinski definition) is 1. The number of sulfone groups is 1. The van der Waals surface area contributed by atoms with Gasteiger partial charge < -0.3 is 14.6 Å². The van der Waals surface area contributed by atoms with Crippen molar-refractivity contribution in [3.05, 3.63) is 30.5 Å². The maximum atomic E-state index is 12.6. The summed E-state index contributed by atoms with van der Waals surface area (Å²) in [6, 6.07) is 7.23. The number of benzene rings is 1. The van der Waals surface area contributed by atoms with Crippen LogP contribution in [0.2, 0.25) is 0 Å². The third kappa shape index (κ3) is 2.88. The zero-order valence-corrected chi connectivity index (χ0v) is 14.1. The molecular formula is C17H20N2O4S. The standard InChI is InChI=1S/C17H20N2O4S/c20-16(18-14-3-2-13-4-8-23-15(13)10-14)19-7-1-5-17(11-19)6-9-24(21,22)12-17/h2-4,8,10H,1,5-7,9,11-12H2,(H,18,20)/t17-/m1/s1. The number of carbonyl (C=O) groups is 1. The number of nitrogens with zero attached hydrogens (tertiary/aromatic N) is 1. The van der Waals surface area contributed by atoms with E-state index in [1.54, 1.807) is 17.2 Å². The molecule has 1 aromatic heterocycles. The van der Waals surface area contributed by atoms with Crippen molar-refractivity contribution >= 4 is 32.5 Å². The average molecular weight is 348 g/mol. The van der Waals surface area contributed by atoms with Crippen LogP contribution in [0.4, 0.5) is 10.5 Å². The molecule has 2 amide bonds. The molecule has 2 aliphatic rings. The highest BCUT2D eigenvalue weighted by atomic mass is 32.2. The molecule has 3 heterocycles. The van der Waals surface area contributed by atoms with E-state index < -0.39 is 9.84 Å². The van der Waals surface area contributed by atoms with E-state index in [1.165, 1.54) is 0 Å². The van der Waals surface area contributed by atoms with Gasteiger partial charge in [-0.1, -0.05) is 0 Å². The normalized spacial score (nSPS) is 26.1. The van der Waals surface area contributed by atoms with Crippen LogP contribution in [-0.2, 0) is 9.84 Å². The van der Waals surface area contributed by atoms with Gasteiger partial charge in [-0.15, -0.1) is 0 Å². The number of anilines is 1. The number of furan rings is 1. The summed E-state index contributed by atoms with van der Waals surface area (Å²) in [5.41, 5.74) is 1.16. The Hall–Kier alpha value is -2.02. The van der Waals surface area contributed by atoms with Crippen molar-refractivity contribution in [1.29, 1.82) is 0 Å². The fraction of sp³-hybridized carbons (Fsp3) is 0.471. The third-order valence-electron chi connectivity index (χ3n) is 5.13. The van der Waals surface area contributed by atoms with Crippen molar-refractivity contribution in [1.82, 2.24) is 4.90 Å². The number of nitrogens with one attached hydrogen (secondary N) is 1. The molecule has 2 fully saturated rings. The van der Waals surface area contributed by atoms with E-state index in [1.807, 2.05) is 18.2 Å². The molecule has 1 atom stereocenters. The van der Waals surface area contributed by atoms with Gasteiger partial charge in [0.1, 0.15) is 5.58 Å². The maximum absolute atomic E-state index is 12.6. The molecule has 6 nitrogen and oxygen atoms in total. The summed E-state index contributed by atoms with van der Waals surface area (Å²) >= 11 is 0. The third-order valence-corrected chi connectivity index (χ3v) is 7.00. The molecule has 0 radical (unpaired) electrons. The molecule has 0 saturated carbocycles. The van der Waals surface area contributed by atoms with Crippen LogP contribution in [0.15, 0.2) is 34.9 Å². The fourth-order valence-electron chi connectivity index (χ4n) is 3.92. The van der Waals surface area contributed by atoms with E-state index in [2.05, 4.69) is 5.32 Å². The first kappa shape index (κ1) is 15.5. The molecule has 4 rings (SSSR count). The van der Waals surface area contributed by atoms with Gasteiger partial charge in [0.2, 0.25) is 0 Å². The van der Waals surface area contributed by atoms with Gasteiger partial charge in [-0.05, 0) is 37.5 Å². The predicted molar refractivity (Wildman–Crippen MR) is 91.7 cm³/mol. The monoisotopic (exact) mass is 348 g/mol. The SMILES string of the molecule is O=C(Nc1ccc2ccoc2c1)N1CCC[C@@]2(CCS(=O)(=O)C2)C1. The van der Waals surface area contributed by atoms with E-state index in [4.69, 9.17) is 4.42 Å². The number of likely N-dealkylation sites (tertiary alicyclic amines) is 1. The van der Waals surface area contributed by atoms with Gasteiger partial charge >= 0.3 is 6.03 Å². The highest BCUT2D eigenvalue weighted by Gasteiger charge is 2.45. The topological polar surface area (TPSA) is 79.6 Å². The van der Waals surface area contributed by atoms with Crippen molar-refractivity contribution in [3.63, 3.8) is 0 Å². The first-order valence-electron chi connectivity index (χ1n) is 8.18. The molecule has 24 heavy (non-hydrogen) atoms. The number of rotatable bonds is 1. The Kier molecular flexibility index (Phi) is 3.56. The van der Waals surface area contributed by atoms with Gasteiger partial charge in [-0.3, -0.25) is 0 Å². The number of fused-ring (bicyclic) bond motifs is 1. The Morgan fingerprint density at radius 1 is 1.25 bits per heavy atom. The first-order chi connectivity index (χ1) is 11.4.